The first-order chi connectivity index (χ1) is 22.9. The summed E-state index contributed by atoms with van der Waals surface area (Å²) < 4.78 is 31.9. The number of methoxy groups -OCH3 is 2. The van der Waals surface area contributed by atoms with Crippen molar-refractivity contribution in [2.75, 3.05) is 14.2 Å². The summed E-state index contributed by atoms with van der Waals surface area (Å²) in [5.74, 6) is -1.48. The number of benzene rings is 1. The summed E-state index contributed by atoms with van der Waals surface area (Å²) in [7, 11) is 3.04. The van der Waals surface area contributed by atoms with Crippen molar-refractivity contribution >= 4 is 17.5 Å². The number of fused-ring (bicyclic) bond motifs is 3. The number of phenolic OH excluding ortho intramolecular Hbond substituents is 1. The van der Waals surface area contributed by atoms with Crippen LogP contribution in [0.3, 0.4) is 0 Å². The minimum Gasteiger partial charge on any atom is -0.507 e. The second-order valence-electron chi connectivity index (χ2n) is 16.7. The minimum atomic E-state index is -1.56. The van der Waals surface area contributed by atoms with E-state index in [0.29, 0.717) is 48.1 Å². The van der Waals surface area contributed by atoms with E-state index in [1.54, 1.807) is 26.2 Å². The van der Waals surface area contributed by atoms with Gasteiger partial charge in [-0.2, -0.15) is 0 Å². The normalized spacial score (nSPS) is 35.1. The Morgan fingerprint density at radius 1 is 1.02 bits per heavy atom. The lowest BCUT2D eigenvalue weighted by molar-refractivity contribution is -0.171. The summed E-state index contributed by atoms with van der Waals surface area (Å²) in [4.78, 5) is 42.0. The van der Waals surface area contributed by atoms with E-state index in [4.69, 9.17) is 23.7 Å². The molecule has 264 valence electrons. The maximum absolute atomic E-state index is 15.1. The van der Waals surface area contributed by atoms with E-state index in [1.807, 2.05) is 27.7 Å². The van der Waals surface area contributed by atoms with Crippen molar-refractivity contribution in [3.8, 4) is 17.2 Å². The molecule has 3 aliphatic heterocycles. The number of rotatable bonds is 5. The molecule has 6 atom stereocenters. The molecule has 1 N–H and O–H groups in total. The summed E-state index contributed by atoms with van der Waals surface area (Å²) in [6.07, 6.45) is 7.39. The predicted octanol–water partition coefficient (Wildman–Crippen LogP) is 7.02. The number of hydrogen-bond donors (Lipinski definition) is 1. The van der Waals surface area contributed by atoms with Crippen LogP contribution in [0.25, 0.3) is 0 Å². The molecule has 1 aromatic rings. The number of esters is 1. The molecule has 3 fully saturated rings. The summed E-state index contributed by atoms with van der Waals surface area (Å²) in [5, 5.41) is 12.5. The average molecular weight is 675 g/mol. The van der Waals surface area contributed by atoms with Gasteiger partial charge in [0.2, 0.25) is 0 Å². The maximum Gasteiger partial charge on any atom is 0.333 e. The van der Waals surface area contributed by atoms with Gasteiger partial charge in [-0.05, 0) is 93.9 Å². The summed E-state index contributed by atoms with van der Waals surface area (Å²) >= 11 is 0. The lowest BCUT2D eigenvalue weighted by atomic mass is 9.51. The molecule has 2 saturated carbocycles. The largest absolute Gasteiger partial charge is 0.507 e. The van der Waals surface area contributed by atoms with Crippen LogP contribution in [0, 0.1) is 11.8 Å². The minimum absolute atomic E-state index is 0.0283. The highest BCUT2D eigenvalue weighted by Crippen LogP contribution is 2.69. The van der Waals surface area contributed by atoms with Crippen molar-refractivity contribution in [1.82, 2.24) is 0 Å². The van der Waals surface area contributed by atoms with Gasteiger partial charge in [-0.3, -0.25) is 9.59 Å². The third kappa shape index (κ3) is 4.53. The lowest BCUT2D eigenvalue weighted by Crippen LogP contribution is -2.72. The zero-order chi connectivity index (χ0) is 35.6. The maximum atomic E-state index is 15.1. The number of carbonyl (C=O) groups is 3. The number of aromatic hydroxyl groups is 1. The molecule has 2 unspecified atom stereocenters. The predicted molar refractivity (Wildman–Crippen MR) is 182 cm³/mol. The molecular weight excluding hydrogens is 624 g/mol. The first-order valence-corrected chi connectivity index (χ1v) is 17.6. The fraction of sp³-hybridized carbons (Fsp3) is 0.625. The van der Waals surface area contributed by atoms with Crippen LogP contribution in [0.4, 0.5) is 0 Å². The Hall–Kier alpha value is -3.43. The molecule has 1 spiro atoms. The quantitative estimate of drug-likeness (QED) is 0.200. The van der Waals surface area contributed by atoms with Gasteiger partial charge in [0.1, 0.15) is 28.4 Å². The van der Waals surface area contributed by atoms with Crippen molar-refractivity contribution in [1.29, 1.82) is 0 Å². The van der Waals surface area contributed by atoms with Crippen molar-refractivity contribution in [3.05, 3.63) is 51.1 Å². The number of ketones is 2. The Morgan fingerprint density at radius 3 is 2.39 bits per heavy atom. The van der Waals surface area contributed by atoms with Crippen LogP contribution >= 0.6 is 0 Å². The van der Waals surface area contributed by atoms with Crippen LogP contribution in [0.2, 0.25) is 0 Å². The molecule has 1 aromatic carbocycles. The number of Topliss-reactive ketones (excluding diaryl/α,β-unsaturated/α-hetero) is 2. The van der Waals surface area contributed by atoms with E-state index in [0.717, 1.165) is 18.4 Å². The van der Waals surface area contributed by atoms with Crippen LogP contribution in [-0.4, -0.2) is 64.9 Å². The molecule has 4 aliphatic carbocycles. The number of hydrogen-bond acceptors (Lipinski definition) is 9. The molecule has 8 rings (SSSR count). The molecule has 9 nitrogen and oxygen atoms in total. The molecule has 4 bridgehead atoms. The van der Waals surface area contributed by atoms with Crippen LogP contribution in [0.1, 0.15) is 121 Å². The summed E-state index contributed by atoms with van der Waals surface area (Å²) in [6, 6.07) is 0. The standard InChI is InChI=1S/C40H50O9/c1-20(2)23-13-15-38(8,46-10)19-25(23)28-31(42)29-30(41)26-17-22-18-27-37(6,7)49-39(34(22)43,16-11-21(3)35(44)45-9)40(26,27)48-33(29)24-12-14-36(4,5)47-32(24)28/h11,17,22,25,27,42H,12-16,18-19H2,1-10H3/b21-11-/t22-,25?,27?,38+,39-,40+/m0/s1. The van der Waals surface area contributed by atoms with Gasteiger partial charge in [0.15, 0.2) is 22.8 Å². The van der Waals surface area contributed by atoms with Gasteiger partial charge in [0, 0.05) is 53.6 Å². The van der Waals surface area contributed by atoms with E-state index < -0.39 is 39.9 Å². The van der Waals surface area contributed by atoms with Crippen LogP contribution in [0.5, 0.6) is 17.2 Å². The third-order valence-electron chi connectivity index (χ3n) is 12.6. The molecule has 0 aromatic heterocycles. The lowest BCUT2D eigenvalue weighted by Gasteiger charge is -2.56. The van der Waals surface area contributed by atoms with Crippen LogP contribution in [0.15, 0.2) is 34.4 Å². The van der Waals surface area contributed by atoms with Crippen LogP contribution in [-0.2, 0) is 30.2 Å². The second-order valence-corrected chi connectivity index (χ2v) is 16.7. The Balaban J connectivity index is 1.49. The Morgan fingerprint density at radius 2 is 1.73 bits per heavy atom. The summed E-state index contributed by atoms with van der Waals surface area (Å²) in [6.45, 7) is 15.9. The monoisotopic (exact) mass is 674 g/mol. The van der Waals surface area contributed by atoms with Crippen molar-refractivity contribution in [2.24, 2.45) is 11.8 Å². The zero-order valence-corrected chi connectivity index (χ0v) is 30.5. The highest BCUT2D eigenvalue weighted by Gasteiger charge is 2.81. The van der Waals surface area contributed by atoms with Crippen molar-refractivity contribution in [3.63, 3.8) is 0 Å². The molecule has 0 radical (unpaired) electrons. The number of allylic oxidation sites excluding steroid dienone is 3. The van der Waals surface area contributed by atoms with E-state index in [1.165, 1.54) is 18.3 Å². The Kier molecular flexibility index (Phi) is 7.49. The number of phenols is 1. The van der Waals surface area contributed by atoms with Gasteiger partial charge in [-0.15, -0.1) is 0 Å². The smallest absolute Gasteiger partial charge is 0.333 e. The van der Waals surface area contributed by atoms with Crippen LogP contribution < -0.4 is 9.47 Å². The topological polar surface area (TPSA) is 118 Å². The van der Waals surface area contributed by atoms with E-state index in [-0.39, 0.29) is 46.9 Å². The first-order valence-electron chi connectivity index (χ1n) is 17.6. The Labute approximate surface area is 289 Å². The van der Waals surface area contributed by atoms with Crippen molar-refractivity contribution < 1.29 is 43.2 Å². The average Bonchev–Trinajstić information content (AvgIpc) is 3.19. The molecule has 1 saturated heterocycles. The van der Waals surface area contributed by atoms with Gasteiger partial charge in [0.05, 0.1) is 18.3 Å². The number of carbonyl (C=O) groups excluding carboxylic acids is 3. The van der Waals surface area contributed by atoms with Gasteiger partial charge in [0.25, 0.3) is 0 Å². The van der Waals surface area contributed by atoms with E-state index in [2.05, 4.69) is 20.8 Å². The second kappa shape index (κ2) is 10.8. The Bertz CT molecular complexity index is 1790. The van der Waals surface area contributed by atoms with Gasteiger partial charge < -0.3 is 28.8 Å². The van der Waals surface area contributed by atoms with Gasteiger partial charge in [-0.1, -0.05) is 23.3 Å². The molecule has 9 heteroatoms. The highest BCUT2D eigenvalue weighted by atomic mass is 16.6. The van der Waals surface area contributed by atoms with Gasteiger partial charge >= 0.3 is 5.97 Å². The zero-order valence-electron chi connectivity index (χ0n) is 30.5. The molecule has 0 amide bonds. The molecule has 7 aliphatic rings. The first kappa shape index (κ1) is 34.0. The summed E-state index contributed by atoms with van der Waals surface area (Å²) in [5.41, 5.74) is -0.287. The van der Waals surface area contributed by atoms with E-state index >= 15 is 4.79 Å². The SMILES string of the molecule is COC(=O)/C(C)=C\C[C@@]12OC(C)(C)C3C[C@H](C=C4C(=O)c5c(O)c(C6C[C@](C)(OC)CCC6=C(C)C)c6c(c5O[C@]431)CCC(C)(C)O6)C2=O. The highest BCUT2D eigenvalue weighted by molar-refractivity contribution is 6.18. The fourth-order valence-electron chi connectivity index (χ4n) is 9.97. The fourth-order valence-corrected chi connectivity index (χ4v) is 9.97. The van der Waals surface area contributed by atoms with Gasteiger partial charge in [-0.25, -0.2) is 4.79 Å². The molecule has 3 heterocycles. The van der Waals surface area contributed by atoms with E-state index in [9.17, 15) is 14.7 Å². The third-order valence-corrected chi connectivity index (χ3v) is 12.6. The molecule has 49 heavy (non-hydrogen) atoms. The number of ether oxygens (including phenoxy) is 5. The van der Waals surface area contributed by atoms with Crippen molar-refractivity contribution in [2.45, 2.75) is 134 Å². The molecular formula is C40H50O9.